The number of aliphatic hydroxyl groups is 1. The minimum absolute atomic E-state index is 0.174. The highest BCUT2D eigenvalue weighted by molar-refractivity contribution is 6.07. The normalized spacial score (nSPS) is 10.5. The lowest BCUT2D eigenvalue weighted by atomic mass is 10.1. The molecule has 0 bridgehead atoms. The molecule has 0 aliphatic carbocycles. The Labute approximate surface area is 157 Å². The second kappa shape index (κ2) is 7.97. The Bertz CT molecular complexity index is 961. The van der Waals surface area contributed by atoms with Crippen LogP contribution in [0.2, 0.25) is 0 Å². The predicted molar refractivity (Wildman–Crippen MR) is 102 cm³/mol. The minimum Gasteiger partial charge on any atom is -0.496 e. The molecule has 0 atom stereocenters. The Kier molecular flexibility index (Phi) is 5.47. The van der Waals surface area contributed by atoms with Gasteiger partial charge in [0.1, 0.15) is 29.6 Å². The number of para-hydroxylation sites is 1. The molecule has 2 N–H and O–H groups in total. The molecule has 1 amide bonds. The Hall–Kier alpha value is -3.25. The molecule has 27 heavy (non-hydrogen) atoms. The number of anilines is 1. The molecule has 0 saturated carbocycles. The number of amides is 1. The first-order valence-electron chi connectivity index (χ1n) is 8.40. The molecule has 0 aliphatic rings. The standard InChI is InChI=1S/C21H21NO5/c1-13-5-4-6-16(20(13)26-3)21(24)22-17-11-14(7-9-19(17)25-2)18-10-8-15(12-23)27-18/h4-11,23H,12H2,1-3H3,(H,22,24). The number of benzene rings is 2. The van der Waals surface area contributed by atoms with Crippen LogP contribution in [0, 0.1) is 6.92 Å². The Morgan fingerprint density at radius 3 is 2.59 bits per heavy atom. The summed E-state index contributed by atoms with van der Waals surface area (Å²) in [7, 11) is 3.07. The number of hydrogen-bond acceptors (Lipinski definition) is 5. The van der Waals surface area contributed by atoms with Gasteiger partial charge < -0.3 is 24.3 Å². The van der Waals surface area contributed by atoms with Crippen molar-refractivity contribution < 1.29 is 23.8 Å². The molecule has 0 radical (unpaired) electrons. The zero-order valence-electron chi connectivity index (χ0n) is 15.4. The second-order valence-corrected chi connectivity index (χ2v) is 5.95. The highest BCUT2D eigenvalue weighted by Gasteiger charge is 2.17. The molecule has 6 heteroatoms. The smallest absolute Gasteiger partial charge is 0.259 e. The maximum atomic E-state index is 12.8. The summed E-state index contributed by atoms with van der Waals surface area (Å²) in [6, 6.07) is 14.2. The van der Waals surface area contributed by atoms with Gasteiger partial charge in [-0.25, -0.2) is 0 Å². The van der Waals surface area contributed by atoms with E-state index in [2.05, 4.69) is 5.32 Å². The van der Waals surface area contributed by atoms with Crippen molar-refractivity contribution in [3.8, 4) is 22.8 Å². The second-order valence-electron chi connectivity index (χ2n) is 5.95. The number of carbonyl (C=O) groups excluding carboxylic acids is 1. The number of aryl methyl sites for hydroxylation is 1. The summed E-state index contributed by atoms with van der Waals surface area (Å²) in [6.07, 6.45) is 0. The van der Waals surface area contributed by atoms with Crippen LogP contribution >= 0.6 is 0 Å². The average molecular weight is 367 g/mol. The molecule has 6 nitrogen and oxygen atoms in total. The molecular weight excluding hydrogens is 346 g/mol. The van der Waals surface area contributed by atoms with E-state index >= 15 is 0 Å². The highest BCUT2D eigenvalue weighted by Crippen LogP contribution is 2.33. The van der Waals surface area contributed by atoms with E-state index in [1.54, 1.807) is 36.4 Å². The van der Waals surface area contributed by atoms with E-state index in [1.165, 1.54) is 14.2 Å². The van der Waals surface area contributed by atoms with Gasteiger partial charge in [-0.05, 0) is 48.9 Å². The van der Waals surface area contributed by atoms with Gasteiger partial charge in [-0.1, -0.05) is 12.1 Å². The van der Waals surface area contributed by atoms with E-state index in [0.717, 1.165) is 11.1 Å². The monoisotopic (exact) mass is 367 g/mol. The quantitative estimate of drug-likeness (QED) is 0.688. The molecule has 0 saturated heterocycles. The zero-order valence-corrected chi connectivity index (χ0v) is 15.4. The largest absolute Gasteiger partial charge is 0.496 e. The van der Waals surface area contributed by atoms with Crippen LogP contribution in [0.4, 0.5) is 5.69 Å². The number of aliphatic hydroxyl groups excluding tert-OH is 1. The fraction of sp³-hybridized carbons (Fsp3) is 0.190. The number of carbonyl (C=O) groups is 1. The van der Waals surface area contributed by atoms with Crippen molar-refractivity contribution in [3.05, 3.63) is 65.4 Å². The average Bonchev–Trinajstić information content (AvgIpc) is 3.17. The Morgan fingerprint density at radius 1 is 1.11 bits per heavy atom. The van der Waals surface area contributed by atoms with E-state index in [1.807, 2.05) is 19.1 Å². The van der Waals surface area contributed by atoms with Crippen LogP contribution in [0.1, 0.15) is 21.7 Å². The van der Waals surface area contributed by atoms with Crippen molar-refractivity contribution in [2.45, 2.75) is 13.5 Å². The SMILES string of the molecule is COc1ccc(-c2ccc(CO)o2)cc1NC(=O)c1cccc(C)c1OC. The lowest BCUT2D eigenvalue weighted by molar-refractivity contribution is 0.102. The third-order valence-corrected chi connectivity index (χ3v) is 4.21. The van der Waals surface area contributed by atoms with Gasteiger partial charge in [0.15, 0.2) is 0 Å². The van der Waals surface area contributed by atoms with Gasteiger partial charge >= 0.3 is 0 Å². The van der Waals surface area contributed by atoms with E-state index in [0.29, 0.717) is 34.3 Å². The fourth-order valence-corrected chi connectivity index (χ4v) is 2.87. The first-order chi connectivity index (χ1) is 13.1. The zero-order chi connectivity index (χ0) is 19.4. The van der Waals surface area contributed by atoms with Crippen molar-refractivity contribution in [3.63, 3.8) is 0 Å². The van der Waals surface area contributed by atoms with Crippen LogP contribution in [0.5, 0.6) is 11.5 Å². The lowest BCUT2D eigenvalue weighted by Gasteiger charge is -2.14. The molecule has 3 rings (SSSR count). The van der Waals surface area contributed by atoms with Crippen LogP contribution in [-0.2, 0) is 6.61 Å². The van der Waals surface area contributed by atoms with E-state index < -0.39 is 0 Å². The first-order valence-corrected chi connectivity index (χ1v) is 8.40. The summed E-state index contributed by atoms with van der Waals surface area (Å²) in [5, 5.41) is 12.0. The first kappa shape index (κ1) is 18.5. The number of ether oxygens (including phenoxy) is 2. The summed E-state index contributed by atoms with van der Waals surface area (Å²) >= 11 is 0. The molecule has 0 unspecified atom stereocenters. The van der Waals surface area contributed by atoms with Gasteiger partial charge in [-0.15, -0.1) is 0 Å². The minimum atomic E-state index is -0.304. The number of nitrogens with one attached hydrogen (secondary N) is 1. The Balaban J connectivity index is 1.95. The van der Waals surface area contributed by atoms with Crippen LogP contribution < -0.4 is 14.8 Å². The molecular formula is C21H21NO5. The number of rotatable bonds is 6. The van der Waals surface area contributed by atoms with Crippen LogP contribution in [-0.4, -0.2) is 25.2 Å². The molecule has 0 spiro atoms. The third-order valence-electron chi connectivity index (χ3n) is 4.21. The van der Waals surface area contributed by atoms with Crippen LogP contribution in [0.15, 0.2) is 52.9 Å². The summed E-state index contributed by atoms with van der Waals surface area (Å²) in [5.74, 6) is 1.80. The molecule has 1 aromatic heterocycles. The summed E-state index contributed by atoms with van der Waals surface area (Å²) in [6.45, 7) is 1.71. The maximum Gasteiger partial charge on any atom is 0.259 e. The van der Waals surface area contributed by atoms with Crippen molar-refractivity contribution in [2.75, 3.05) is 19.5 Å². The summed E-state index contributed by atoms with van der Waals surface area (Å²) < 4.78 is 16.3. The van der Waals surface area contributed by atoms with Crippen molar-refractivity contribution in [1.29, 1.82) is 0 Å². The molecule has 0 fully saturated rings. The molecule has 2 aromatic carbocycles. The summed E-state index contributed by atoms with van der Waals surface area (Å²) in [4.78, 5) is 12.8. The van der Waals surface area contributed by atoms with E-state index in [4.69, 9.17) is 19.0 Å². The highest BCUT2D eigenvalue weighted by atomic mass is 16.5. The molecule has 1 heterocycles. The topological polar surface area (TPSA) is 80.9 Å². The van der Waals surface area contributed by atoms with Gasteiger partial charge in [0, 0.05) is 5.56 Å². The number of methoxy groups -OCH3 is 2. The van der Waals surface area contributed by atoms with Gasteiger partial charge in [0.05, 0.1) is 25.5 Å². The number of hydrogen-bond donors (Lipinski definition) is 2. The molecule has 0 aliphatic heterocycles. The van der Waals surface area contributed by atoms with E-state index in [-0.39, 0.29) is 12.5 Å². The summed E-state index contributed by atoms with van der Waals surface area (Å²) in [5.41, 5.74) is 2.57. The number of furan rings is 1. The van der Waals surface area contributed by atoms with Crippen molar-refractivity contribution >= 4 is 11.6 Å². The van der Waals surface area contributed by atoms with Crippen LogP contribution in [0.3, 0.4) is 0 Å². The van der Waals surface area contributed by atoms with Gasteiger partial charge in [0.25, 0.3) is 5.91 Å². The fourth-order valence-electron chi connectivity index (χ4n) is 2.87. The molecule has 3 aromatic rings. The lowest BCUT2D eigenvalue weighted by Crippen LogP contribution is -2.14. The van der Waals surface area contributed by atoms with Gasteiger partial charge in [-0.2, -0.15) is 0 Å². The molecule has 140 valence electrons. The Morgan fingerprint density at radius 2 is 1.93 bits per heavy atom. The van der Waals surface area contributed by atoms with Crippen LogP contribution in [0.25, 0.3) is 11.3 Å². The van der Waals surface area contributed by atoms with Gasteiger partial charge in [0.2, 0.25) is 0 Å². The third kappa shape index (κ3) is 3.80. The predicted octanol–water partition coefficient (Wildman–Crippen LogP) is 4.02. The van der Waals surface area contributed by atoms with Crippen molar-refractivity contribution in [1.82, 2.24) is 0 Å². The van der Waals surface area contributed by atoms with Gasteiger partial charge in [-0.3, -0.25) is 4.79 Å². The maximum absolute atomic E-state index is 12.8. The van der Waals surface area contributed by atoms with Crippen molar-refractivity contribution in [2.24, 2.45) is 0 Å². The van der Waals surface area contributed by atoms with E-state index in [9.17, 15) is 4.79 Å².